The SMILES string of the molecule is CC.CC(C)(C)C1CCC2(CC1)N=C(c1ccc(F)cc1)C(=O)N2C(c1ccc(C(=O)NCCC(=O)O)cc1)C1CCC1. The summed E-state index contributed by atoms with van der Waals surface area (Å²) in [7, 11) is 0. The van der Waals surface area contributed by atoms with Crippen molar-refractivity contribution >= 4 is 23.5 Å². The first kappa shape index (κ1) is 32.4. The van der Waals surface area contributed by atoms with Gasteiger partial charge < -0.3 is 15.3 Å². The van der Waals surface area contributed by atoms with Gasteiger partial charge in [0.15, 0.2) is 0 Å². The third-order valence-corrected chi connectivity index (χ3v) is 9.33. The van der Waals surface area contributed by atoms with Crippen molar-refractivity contribution in [1.29, 1.82) is 0 Å². The van der Waals surface area contributed by atoms with Gasteiger partial charge in [-0.1, -0.05) is 53.2 Å². The first-order valence-corrected chi connectivity index (χ1v) is 15.8. The molecule has 7 nitrogen and oxygen atoms in total. The number of rotatable bonds is 8. The summed E-state index contributed by atoms with van der Waals surface area (Å²) in [4.78, 5) is 45.0. The molecule has 5 rings (SSSR count). The molecule has 8 heteroatoms. The number of carboxylic acids is 1. The van der Waals surface area contributed by atoms with E-state index in [0.717, 1.165) is 50.5 Å². The smallest absolute Gasteiger partial charge is 0.305 e. The lowest BCUT2D eigenvalue weighted by atomic mass is 9.68. The number of amides is 2. The zero-order chi connectivity index (χ0) is 31.4. The summed E-state index contributed by atoms with van der Waals surface area (Å²) in [5, 5.41) is 11.5. The molecule has 0 radical (unpaired) electrons. The van der Waals surface area contributed by atoms with Gasteiger partial charge in [-0.05, 0) is 97.7 Å². The summed E-state index contributed by atoms with van der Waals surface area (Å²) in [6, 6.07) is 13.2. The van der Waals surface area contributed by atoms with Crippen LogP contribution in [0.1, 0.15) is 114 Å². The zero-order valence-corrected chi connectivity index (χ0v) is 26.2. The Hall–Kier alpha value is -3.55. The predicted molar refractivity (Wildman–Crippen MR) is 166 cm³/mol. The fraction of sp³-hybridized carbons (Fsp3) is 0.543. The normalized spacial score (nSPS) is 22.7. The summed E-state index contributed by atoms with van der Waals surface area (Å²) in [5.41, 5.74) is 1.97. The van der Waals surface area contributed by atoms with Gasteiger partial charge >= 0.3 is 5.97 Å². The minimum Gasteiger partial charge on any atom is -0.481 e. The molecule has 3 aliphatic rings. The average Bonchev–Trinajstić information content (AvgIpc) is 3.22. The monoisotopic (exact) mass is 591 g/mol. The Morgan fingerprint density at radius 2 is 1.63 bits per heavy atom. The molecule has 0 bridgehead atoms. The van der Waals surface area contributed by atoms with E-state index in [1.54, 1.807) is 24.3 Å². The van der Waals surface area contributed by atoms with E-state index < -0.39 is 11.6 Å². The highest BCUT2D eigenvalue weighted by Gasteiger charge is 2.54. The number of halogens is 1. The first-order chi connectivity index (χ1) is 20.5. The topological polar surface area (TPSA) is 99.1 Å². The highest BCUT2D eigenvalue weighted by molar-refractivity contribution is 6.46. The maximum Gasteiger partial charge on any atom is 0.305 e. The number of carboxylic acid groups (broad SMARTS) is 1. The van der Waals surface area contributed by atoms with Crippen molar-refractivity contribution < 1.29 is 23.9 Å². The lowest BCUT2D eigenvalue weighted by Gasteiger charge is -2.50. The lowest BCUT2D eigenvalue weighted by molar-refractivity contribution is -0.137. The highest BCUT2D eigenvalue weighted by Crippen LogP contribution is 2.52. The van der Waals surface area contributed by atoms with Crippen LogP contribution in [-0.2, 0) is 9.59 Å². The van der Waals surface area contributed by atoms with Crippen molar-refractivity contribution in [2.75, 3.05) is 6.54 Å². The number of aliphatic carboxylic acids is 1. The lowest BCUT2D eigenvalue weighted by Crippen LogP contribution is -2.53. The van der Waals surface area contributed by atoms with Crippen molar-refractivity contribution in [3.8, 4) is 0 Å². The second kappa shape index (κ2) is 13.4. The molecule has 2 amide bonds. The van der Waals surface area contributed by atoms with Crippen molar-refractivity contribution in [2.24, 2.45) is 22.2 Å². The number of carbonyl (C=O) groups is 3. The van der Waals surface area contributed by atoms with E-state index in [2.05, 4.69) is 26.1 Å². The zero-order valence-electron chi connectivity index (χ0n) is 26.2. The van der Waals surface area contributed by atoms with Crippen molar-refractivity contribution in [1.82, 2.24) is 10.2 Å². The summed E-state index contributed by atoms with van der Waals surface area (Å²) in [6.45, 7) is 10.9. The van der Waals surface area contributed by atoms with Crippen LogP contribution in [0.3, 0.4) is 0 Å². The largest absolute Gasteiger partial charge is 0.481 e. The molecule has 1 heterocycles. The van der Waals surface area contributed by atoms with Crippen LogP contribution in [0.5, 0.6) is 0 Å². The van der Waals surface area contributed by atoms with Crippen LogP contribution in [0.4, 0.5) is 4.39 Å². The molecular formula is C35H46FN3O4. The van der Waals surface area contributed by atoms with E-state index in [4.69, 9.17) is 10.1 Å². The predicted octanol–water partition coefficient (Wildman–Crippen LogP) is 7.16. The highest BCUT2D eigenvalue weighted by atomic mass is 19.1. The van der Waals surface area contributed by atoms with E-state index in [-0.39, 0.29) is 48.0 Å². The van der Waals surface area contributed by atoms with Crippen LogP contribution in [-0.4, -0.2) is 45.7 Å². The van der Waals surface area contributed by atoms with Gasteiger partial charge in [0.25, 0.3) is 11.8 Å². The van der Waals surface area contributed by atoms with Crippen LogP contribution < -0.4 is 5.32 Å². The molecule has 1 atom stereocenters. The third-order valence-electron chi connectivity index (χ3n) is 9.33. The first-order valence-electron chi connectivity index (χ1n) is 15.8. The molecule has 232 valence electrons. The van der Waals surface area contributed by atoms with Gasteiger partial charge in [-0.2, -0.15) is 0 Å². The maximum absolute atomic E-state index is 14.3. The molecule has 2 aromatic rings. The van der Waals surface area contributed by atoms with Crippen molar-refractivity contribution in [2.45, 2.75) is 97.7 Å². The Balaban J connectivity index is 0.00000207. The molecule has 1 aliphatic heterocycles. The summed E-state index contributed by atoms with van der Waals surface area (Å²) in [6.07, 6.45) is 6.49. The second-order valence-electron chi connectivity index (χ2n) is 12.9. The Morgan fingerprint density at radius 1 is 1.02 bits per heavy atom. The molecule has 0 saturated heterocycles. The minimum atomic E-state index is -0.966. The standard InChI is InChI=1S/C33H40FN3O4.C2H6/c1-32(2,3)25-15-18-33(19-16-25)36-28(21-11-13-26(34)14-12-21)31(41)37(33)29(22-5-4-6-22)23-7-9-24(10-8-23)30(40)35-20-17-27(38)39;1-2/h7-14,22,25,29H,4-6,15-20H2,1-3H3,(H,35,40)(H,38,39);1-2H3. The molecule has 43 heavy (non-hydrogen) atoms. The number of carbonyl (C=O) groups excluding carboxylic acids is 2. The minimum absolute atomic E-state index is 0.0600. The van der Waals surface area contributed by atoms with Gasteiger partial charge in [0.05, 0.1) is 12.5 Å². The Labute approximate surface area is 255 Å². The van der Waals surface area contributed by atoms with Gasteiger partial charge in [-0.3, -0.25) is 19.4 Å². The maximum atomic E-state index is 14.3. The molecule has 2 saturated carbocycles. The Kier molecular flexibility index (Phi) is 10.1. The summed E-state index contributed by atoms with van der Waals surface area (Å²) >= 11 is 0. The second-order valence-corrected chi connectivity index (χ2v) is 12.9. The molecule has 1 spiro atoms. The number of benzene rings is 2. The van der Waals surface area contributed by atoms with E-state index in [1.807, 2.05) is 30.9 Å². The molecule has 1 unspecified atom stereocenters. The molecule has 2 N–H and O–H groups in total. The van der Waals surface area contributed by atoms with Gasteiger partial charge in [0.2, 0.25) is 0 Å². The summed E-state index contributed by atoms with van der Waals surface area (Å²) < 4.78 is 13.8. The van der Waals surface area contributed by atoms with E-state index in [0.29, 0.717) is 22.8 Å². The molecule has 2 aromatic carbocycles. The fourth-order valence-corrected chi connectivity index (χ4v) is 6.70. The Morgan fingerprint density at radius 3 is 2.14 bits per heavy atom. The van der Waals surface area contributed by atoms with Gasteiger partial charge in [0.1, 0.15) is 17.2 Å². The van der Waals surface area contributed by atoms with E-state index in [9.17, 15) is 18.8 Å². The summed E-state index contributed by atoms with van der Waals surface area (Å²) in [5.74, 6) is -0.929. The van der Waals surface area contributed by atoms with Crippen LogP contribution in [0.25, 0.3) is 0 Å². The number of hydrogen-bond donors (Lipinski definition) is 2. The number of nitrogens with zero attached hydrogens (tertiary/aromatic N) is 2. The van der Waals surface area contributed by atoms with Crippen LogP contribution in [0.2, 0.25) is 0 Å². The van der Waals surface area contributed by atoms with E-state index >= 15 is 0 Å². The van der Waals surface area contributed by atoms with Gasteiger partial charge in [0, 0.05) is 17.7 Å². The van der Waals surface area contributed by atoms with Crippen molar-refractivity contribution in [3.05, 3.63) is 71.0 Å². The van der Waals surface area contributed by atoms with E-state index in [1.165, 1.54) is 12.1 Å². The van der Waals surface area contributed by atoms with Crippen LogP contribution in [0.15, 0.2) is 53.5 Å². The quantitative estimate of drug-likeness (QED) is 0.340. The number of nitrogens with one attached hydrogen (secondary N) is 1. The average molecular weight is 592 g/mol. The van der Waals surface area contributed by atoms with Crippen LogP contribution >= 0.6 is 0 Å². The molecular weight excluding hydrogens is 545 g/mol. The molecule has 0 aromatic heterocycles. The molecule has 2 aliphatic carbocycles. The van der Waals surface area contributed by atoms with Gasteiger partial charge in [-0.15, -0.1) is 0 Å². The number of hydrogen-bond acceptors (Lipinski definition) is 4. The third kappa shape index (κ3) is 7.00. The Bertz CT molecular complexity index is 1320. The van der Waals surface area contributed by atoms with Crippen LogP contribution in [0, 0.1) is 23.1 Å². The fourth-order valence-electron chi connectivity index (χ4n) is 6.70. The van der Waals surface area contributed by atoms with Crippen molar-refractivity contribution in [3.63, 3.8) is 0 Å². The number of aliphatic imine (C=N–C) groups is 1. The van der Waals surface area contributed by atoms with Gasteiger partial charge in [-0.25, -0.2) is 4.39 Å². The molecule has 2 fully saturated rings.